The first-order valence-electron chi connectivity index (χ1n) is 7.40. The van der Waals surface area contributed by atoms with Crippen molar-refractivity contribution < 1.29 is 9.84 Å². The van der Waals surface area contributed by atoms with Gasteiger partial charge in [0, 0.05) is 19.6 Å². The molecule has 2 rings (SSSR count). The van der Waals surface area contributed by atoms with E-state index in [0.717, 1.165) is 37.4 Å². The lowest BCUT2D eigenvalue weighted by Gasteiger charge is -2.34. The van der Waals surface area contributed by atoms with Gasteiger partial charge < -0.3 is 15.6 Å². The minimum Gasteiger partial charge on any atom is -0.495 e. The van der Waals surface area contributed by atoms with Gasteiger partial charge >= 0.3 is 0 Å². The largest absolute Gasteiger partial charge is 0.495 e. The van der Waals surface area contributed by atoms with Crippen molar-refractivity contribution in [3.8, 4) is 17.6 Å². The number of aliphatic hydroxyl groups excluding tert-OH is 1. The smallest absolute Gasteiger partial charge is 0.134 e. The number of hydrogen-bond donors (Lipinski definition) is 2. The molecule has 0 radical (unpaired) electrons. The van der Waals surface area contributed by atoms with Crippen molar-refractivity contribution in [1.82, 2.24) is 4.90 Å². The second-order valence-electron chi connectivity index (χ2n) is 5.61. The number of hydrogen-bond acceptors (Lipinski definition) is 4. The zero-order valence-corrected chi connectivity index (χ0v) is 12.8. The Bertz CT molecular complexity index is 533. The van der Waals surface area contributed by atoms with Crippen molar-refractivity contribution in [2.75, 3.05) is 26.7 Å². The fourth-order valence-corrected chi connectivity index (χ4v) is 2.72. The van der Waals surface area contributed by atoms with Gasteiger partial charge in [0.15, 0.2) is 0 Å². The van der Waals surface area contributed by atoms with Crippen molar-refractivity contribution in [1.29, 1.82) is 0 Å². The summed E-state index contributed by atoms with van der Waals surface area (Å²) in [5.74, 6) is 7.04. The maximum atomic E-state index is 9.80. The number of nitrogens with two attached hydrogens (primary N) is 1. The summed E-state index contributed by atoms with van der Waals surface area (Å²) in [7, 11) is 1.65. The summed E-state index contributed by atoms with van der Waals surface area (Å²) in [6.45, 7) is 5.18. The number of ether oxygens (including phenoxy) is 1. The molecule has 3 N–H and O–H groups in total. The van der Waals surface area contributed by atoms with Gasteiger partial charge in [-0.05, 0) is 30.0 Å². The van der Waals surface area contributed by atoms with Crippen LogP contribution >= 0.6 is 0 Å². The van der Waals surface area contributed by atoms with Crippen molar-refractivity contribution in [2.45, 2.75) is 26.0 Å². The van der Waals surface area contributed by atoms with E-state index >= 15 is 0 Å². The molecule has 1 aliphatic heterocycles. The lowest BCUT2D eigenvalue weighted by molar-refractivity contribution is 0.0320. The second kappa shape index (κ2) is 7.46. The van der Waals surface area contributed by atoms with Gasteiger partial charge in [-0.15, -0.1) is 0 Å². The number of methoxy groups -OCH3 is 1. The van der Waals surface area contributed by atoms with E-state index in [1.165, 1.54) is 5.56 Å². The summed E-state index contributed by atoms with van der Waals surface area (Å²) in [5, 5.41) is 9.80. The Labute approximate surface area is 126 Å². The van der Waals surface area contributed by atoms with E-state index < -0.39 is 0 Å². The van der Waals surface area contributed by atoms with Gasteiger partial charge in [0.2, 0.25) is 0 Å². The van der Waals surface area contributed by atoms with Crippen LogP contribution < -0.4 is 10.5 Å². The standard InChI is InChI=1S/C17H24N2O2/c1-13-11-19(9-7-16(13)20)12-14-5-6-17(21-2)15(10-14)4-3-8-18/h5-6,10,13,16,20H,7-9,11-12,18H2,1-2H3. The minimum atomic E-state index is -0.164. The molecule has 114 valence electrons. The van der Waals surface area contributed by atoms with Crippen LogP contribution in [0.1, 0.15) is 24.5 Å². The molecule has 4 nitrogen and oxygen atoms in total. The van der Waals surface area contributed by atoms with Crippen LogP contribution in [0.25, 0.3) is 0 Å². The average molecular weight is 288 g/mol. The molecule has 4 heteroatoms. The average Bonchev–Trinajstić information content (AvgIpc) is 2.49. The zero-order chi connectivity index (χ0) is 15.2. The van der Waals surface area contributed by atoms with Crippen molar-refractivity contribution in [3.05, 3.63) is 29.3 Å². The SMILES string of the molecule is COc1ccc(CN2CCC(O)C(C)C2)cc1C#CCN. The maximum Gasteiger partial charge on any atom is 0.134 e. The van der Waals surface area contributed by atoms with E-state index in [-0.39, 0.29) is 6.10 Å². The van der Waals surface area contributed by atoms with Crippen LogP contribution in [0.3, 0.4) is 0 Å². The van der Waals surface area contributed by atoms with Crippen LogP contribution in [0.15, 0.2) is 18.2 Å². The molecule has 21 heavy (non-hydrogen) atoms. The fourth-order valence-electron chi connectivity index (χ4n) is 2.72. The predicted octanol–water partition coefficient (Wildman–Crippen LogP) is 1.21. The highest BCUT2D eigenvalue weighted by Gasteiger charge is 2.24. The third-order valence-electron chi connectivity index (χ3n) is 3.94. The number of piperidine rings is 1. The first-order valence-corrected chi connectivity index (χ1v) is 7.40. The number of nitrogens with zero attached hydrogens (tertiary/aromatic N) is 1. The molecule has 0 bridgehead atoms. The zero-order valence-electron chi connectivity index (χ0n) is 12.8. The van der Waals surface area contributed by atoms with E-state index in [1.54, 1.807) is 7.11 Å². The quantitative estimate of drug-likeness (QED) is 0.821. The first-order chi connectivity index (χ1) is 10.1. The van der Waals surface area contributed by atoms with E-state index in [4.69, 9.17) is 10.5 Å². The summed E-state index contributed by atoms with van der Waals surface area (Å²) in [4.78, 5) is 2.37. The van der Waals surface area contributed by atoms with Crippen LogP contribution in [-0.2, 0) is 6.54 Å². The molecule has 1 aromatic carbocycles. The molecule has 2 atom stereocenters. The Morgan fingerprint density at radius 3 is 2.95 bits per heavy atom. The van der Waals surface area contributed by atoms with Gasteiger partial charge in [0.1, 0.15) is 5.75 Å². The second-order valence-corrected chi connectivity index (χ2v) is 5.61. The molecule has 0 saturated carbocycles. The fraction of sp³-hybridized carbons (Fsp3) is 0.529. The number of aliphatic hydroxyl groups is 1. The highest BCUT2D eigenvalue weighted by Crippen LogP contribution is 2.22. The van der Waals surface area contributed by atoms with Gasteiger partial charge in [-0.3, -0.25) is 4.90 Å². The van der Waals surface area contributed by atoms with Crippen molar-refractivity contribution in [2.24, 2.45) is 11.7 Å². The van der Waals surface area contributed by atoms with Gasteiger partial charge in [-0.25, -0.2) is 0 Å². The van der Waals surface area contributed by atoms with Gasteiger partial charge in [0.25, 0.3) is 0 Å². The summed E-state index contributed by atoms with van der Waals surface area (Å²) < 4.78 is 5.33. The summed E-state index contributed by atoms with van der Waals surface area (Å²) in [5.41, 5.74) is 7.53. The van der Waals surface area contributed by atoms with Crippen LogP contribution in [0.5, 0.6) is 5.75 Å². The molecule has 1 fully saturated rings. The Hall–Kier alpha value is -1.54. The topological polar surface area (TPSA) is 58.7 Å². The molecular weight excluding hydrogens is 264 g/mol. The van der Waals surface area contributed by atoms with E-state index in [2.05, 4.69) is 35.8 Å². The normalized spacial score (nSPS) is 22.5. The minimum absolute atomic E-state index is 0.164. The Kier molecular flexibility index (Phi) is 5.63. The first kappa shape index (κ1) is 15.8. The van der Waals surface area contributed by atoms with E-state index in [9.17, 15) is 5.11 Å². The maximum absolute atomic E-state index is 9.80. The number of likely N-dealkylation sites (tertiary alicyclic amines) is 1. The number of rotatable bonds is 3. The van der Waals surface area contributed by atoms with Crippen molar-refractivity contribution in [3.63, 3.8) is 0 Å². The lowest BCUT2D eigenvalue weighted by atomic mass is 9.96. The third-order valence-corrected chi connectivity index (χ3v) is 3.94. The predicted molar refractivity (Wildman–Crippen MR) is 84.0 cm³/mol. The highest BCUT2D eigenvalue weighted by molar-refractivity contribution is 5.48. The van der Waals surface area contributed by atoms with Crippen LogP contribution in [0, 0.1) is 17.8 Å². The molecular formula is C17H24N2O2. The lowest BCUT2D eigenvalue weighted by Crippen LogP contribution is -2.41. The van der Waals surface area contributed by atoms with Gasteiger partial charge in [0.05, 0.1) is 25.3 Å². The summed E-state index contributed by atoms with van der Waals surface area (Å²) >= 11 is 0. The molecule has 1 aromatic rings. The summed E-state index contributed by atoms with van der Waals surface area (Å²) in [6, 6.07) is 6.09. The highest BCUT2D eigenvalue weighted by atomic mass is 16.5. The third kappa shape index (κ3) is 4.21. The van der Waals surface area contributed by atoms with E-state index in [0.29, 0.717) is 12.5 Å². The molecule has 0 aromatic heterocycles. The van der Waals surface area contributed by atoms with Crippen molar-refractivity contribution >= 4 is 0 Å². The van der Waals surface area contributed by atoms with Crippen LogP contribution in [0.2, 0.25) is 0 Å². The molecule has 2 unspecified atom stereocenters. The Balaban J connectivity index is 2.10. The molecule has 1 heterocycles. The monoisotopic (exact) mass is 288 g/mol. The molecule has 0 spiro atoms. The van der Waals surface area contributed by atoms with E-state index in [1.807, 2.05) is 6.07 Å². The van der Waals surface area contributed by atoms with Gasteiger partial charge in [-0.1, -0.05) is 24.8 Å². The molecule has 1 aliphatic rings. The Morgan fingerprint density at radius 1 is 1.48 bits per heavy atom. The van der Waals surface area contributed by atoms with Crippen LogP contribution in [-0.4, -0.2) is 42.9 Å². The molecule has 1 saturated heterocycles. The number of benzene rings is 1. The van der Waals surface area contributed by atoms with Crippen LogP contribution in [0.4, 0.5) is 0 Å². The summed E-state index contributed by atoms with van der Waals surface area (Å²) in [6.07, 6.45) is 0.681. The van der Waals surface area contributed by atoms with Gasteiger partial charge in [-0.2, -0.15) is 0 Å². The molecule has 0 amide bonds. The molecule has 0 aliphatic carbocycles. The Morgan fingerprint density at radius 2 is 2.29 bits per heavy atom.